The lowest BCUT2D eigenvalue weighted by Crippen LogP contribution is -2.38. The second kappa shape index (κ2) is 5.90. The van der Waals surface area contributed by atoms with Crippen LogP contribution in [0.5, 0.6) is 11.5 Å². The van der Waals surface area contributed by atoms with Gasteiger partial charge in [0.15, 0.2) is 11.5 Å². The van der Waals surface area contributed by atoms with E-state index in [1.165, 1.54) is 19.1 Å². The third-order valence-corrected chi connectivity index (χ3v) is 2.43. The Balaban J connectivity index is 2.47. The van der Waals surface area contributed by atoms with Crippen molar-refractivity contribution in [1.29, 1.82) is 0 Å². The number of benzene rings is 1. The molecule has 0 heterocycles. The highest BCUT2D eigenvalue weighted by atomic mass is 16.4. The molecule has 6 heteroatoms. The van der Waals surface area contributed by atoms with Crippen molar-refractivity contribution in [2.45, 2.75) is 25.8 Å². The van der Waals surface area contributed by atoms with Crippen LogP contribution in [0.2, 0.25) is 0 Å². The molecule has 1 amide bonds. The number of carbonyl (C=O) groups is 2. The molecule has 98 valence electrons. The van der Waals surface area contributed by atoms with Crippen molar-refractivity contribution in [2.24, 2.45) is 0 Å². The average molecular weight is 253 g/mol. The number of phenolic OH excluding ortho intramolecular Hbond substituents is 2. The first-order valence-corrected chi connectivity index (χ1v) is 5.43. The molecule has 0 aliphatic rings. The quantitative estimate of drug-likeness (QED) is 0.575. The highest BCUT2D eigenvalue weighted by Gasteiger charge is 2.13. The summed E-state index contributed by atoms with van der Waals surface area (Å²) in [6.07, 6.45) is 0.466. The Morgan fingerprint density at radius 2 is 1.94 bits per heavy atom. The van der Waals surface area contributed by atoms with E-state index < -0.39 is 12.0 Å². The Kier molecular flexibility index (Phi) is 4.53. The monoisotopic (exact) mass is 253 g/mol. The van der Waals surface area contributed by atoms with E-state index in [9.17, 15) is 14.7 Å². The maximum atomic E-state index is 11.4. The Hall–Kier alpha value is -2.24. The lowest BCUT2D eigenvalue weighted by Gasteiger charge is -2.09. The minimum atomic E-state index is -1.09. The zero-order chi connectivity index (χ0) is 13.7. The molecular weight excluding hydrogens is 238 g/mol. The van der Waals surface area contributed by atoms with E-state index in [0.717, 1.165) is 0 Å². The number of aryl methyl sites for hydroxylation is 1. The van der Waals surface area contributed by atoms with Crippen LogP contribution in [-0.2, 0) is 16.0 Å². The Morgan fingerprint density at radius 3 is 2.50 bits per heavy atom. The number of nitrogens with one attached hydrogen (secondary N) is 1. The smallest absolute Gasteiger partial charge is 0.325 e. The minimum absolute atomic E-state index is 0.113. The van der Waals surface area contributed by atoms with E-state index >= 15 is 0 Å². The molecule has 0 saturated heterocycles. The lowest BCUT2D eigenvalue weighted by molar-refractivity contribution is -0.141. The van der Waals surface area contributed by atoms with Gasteiger partial charge in [0.25, 0.3) is 0 Å². The third kappa shape index (κ3) is 3.97. The van der Waals surface area contributed by atoms with Gasteiger partial charge in [0.05, 0.1) is 0 Å². The van der Waals surface area contributed by atoms with Gasteiger partial charge in [-0.05, 0) is 31.0 Å². The van der Waals surface area contributed by atoms with Gasteiger partial charge in [0.2, 0.25) is 5.91 Å². The van der Waals surface area contributed by atoms with Crippen LogP contribution in [0.4, 0.5) is 0 Å². The molecule has 1 atom stereocenters. The molecule has 18 heavy (non-hydrogen) atoms. The fourth-order valence-corrected chi connectivity index (χ4v) is 1.36. The molecule has 6 nitrogen and oxygen atoms in total. The summed E-state index contributed by atoms with van der Waals surface area (Å²) in [5.74, 6) is -1.93. The SMILES string of the molecule is CC(NC(=O)CCc1ccc(O)c(O)c1)C(=O)O. The van der Waals surface area contributed by atoms with Crippen LogP contribution < -0.4 is 5.32 Å². The van der Waals surface area contributed by atoms with Crippen molar-refractivity contribution in [2.75, 3.05) is 0 Å². The molecule has 1 aromatic rings. The average Bonchev–Trinajstić information content (AvgIpc) is 2.30. The minimum Gasteiger partial charge on any atom is -0.504 e. The van der Waals surface area contributed by atoms with E-state index in [2.05, 4.69) is 5.32 Å². The van der Waals surface area contributed by atoms with Crippen LogP contribution in [0.1, 0.15) is 18.9 Å². The maximum absolute atomic E-state index is 11.4. The van der Waals surface area contributed by atoms with Crippen LogP contribution in [0.3, 0.4) is 0 Å². The van der Waals surface area contributed by atoms with Crippen molar-refractivity contribution in [1.82, 2.24) is 5.32 Å². The lowest BCUT2D eigenvalue weighted by atomic mass is 10.1. The summed E-state index contributed by atoms with van der Waals surface area (Å²) in [7, 11) is 0. The van der Waals surface area contributed by atoms with Gasteiger partial charge in [0.1, 0.15) is 6.04 Å². The second-order valence-corrected chi connectivity index (χ2v) is 3.95. The number of aromatic hydroxyl groups is 2. The topological polar surface area (TPSA) is 107 Å². The number of hydrogen-bond acceptors (Lipinski definition) is 4. The summed E-state index contributed by atoms with van der Waals surface area (Å²) >= 11 is 0. The molecule has 1 aromatic carbocycles. The summed E-state index contributed by atoms with van der Waals surface area (Å²) in [5, 5.41) is 29.3. The number of phenols is 2. The number of rotatable bonds is 5. The number of hydrogen-bond donors (Lipinski definition) is 4. The molecule has 0 fully saturated rings. The molecule has 0 bridgehead atoms. The van der Waals surface area contributed by atoms with Gasteiger partial charge in [0, 0.05) is 6.42 Å². The van der Waals surface area contributed by atoms with Crippen molar-refractivity contribution < 1.29 is 24.9 Å². The number of carboxylic acids is 1. The summed E-state index contributed by atoms with van der Waals surface area (Å²) < 4.78 is 0. The largest absolute Gasteiger partial charge is 0.504 e. The van der Waals surface area contributed by atoms with E-state index in [1.54, 1.807) is 6.07 Å². The van der Waals surface area contributed by atoms with Gasteiger partial charge in [-0.2, -0.15) is 0 Å². The standard InChI is InChI=1S/C12H15NO5/c1-7(12(17)18)13-11(16)5-3-8-2-4-9(14)10(15)6-8/h2,4,6-7,14-15H,3,5H2,1H3,(H,13,16)(H,17,18). The van der Waals surface area contributed by atoms with Gasteiger partial charge < -0.3 is 20.6 Å². The number of aliphatic carboxylic acids is 1. The van der Waals surface area contributed by atoms with Gasteiger partial charge in [-0.3, -0.25) is 9.59 Å². The number of carbonyl (C=O) groups excluding carboxylic acids is 1. The van der Waals surface area contributed by atoms with Crippen molar-refractivity contribution >= 4 is 11.9 Å². The highest BCUT2D eigenvalue weighted by Crippen LogP contribution is 2.25. The van der Waals surface area contributed by atoms with Crippen LogP contribution in [0.25, 0.3) is 0 Å². The summed E-state index contributed by atoms with van der Waals surface area (Å²) in [6.45, 7) is 1.38. The normalized spacial score (nSPS) is 11.8. The van der Waals surface area contributed by atoms with Gasteiger partial charge in [-0.25, -0.2) is 0 Å². The van der Waals surface area contributed by atoms with E-state index in [4.69, 9.17) is 10.2 Å². The molecule has 0 saturated carbocycles. The van der Waals surface area contributed by atoms with E-state index in [1.807, 2.05) is 0 Å². The first-order chi connectivity index (χ1) is 8.40. The molecule has 0 radical (unpaired) electrons. The molecule has 4 N–H and O–H groups in total. The summed E-state index contributed by atoms with van der Waals surface area (Å²) in [6, 6.07) is 3.36. The molecular formula is C12H15NO5. The predicted octanol–water partition coefficient (Wildman–Crippen LogP) is 0.620. The summed E-state index contributed by atoms with van der Waals surface area (Å²) in [4.78, 5) is 21.9. The zero-order valence-corrected chi connectivity index (χ0v) is 9.88. The van der Waals surface area contributed by atoms with Gasteiger partial charge in [-0.1, -0.05) is 6.07 Å². The highest BCUT2D eigenvalue weighted by molar-refractivity contribution is 5.83. The van der Waals surface area contributed by atoms with Crippen LogP contribution in [-0.4, -0.2) is 33.2 Å². The Bertz CT molecular complexity index is 458. The van der Waals surface area contributed by atoms with Gasteiger partial charge >= 0.3 is 5.97 Å². The molecule has 1 unspecified atom stereocenters. The van der Waals surface area contributed by atoms with Crippen molar-refractivity contribution in [3.8, 4) is 11.5 Å². The van der Waals surface area contributed by atoms with Crippen molar-refractivity contribution in [3.63, 3.8) is 0 Å². The van der Waals surface area contributed by atoms with Crippen LogP contribution >= 0.6 is 0 Å². The molecule has 0 aliphatic heterocycles. The molecule has 0 aromatic heterocycles. The third-order valence-electron chi connectivity index (χ3n) is 2.43. The Labute approximate surface area is 104 Å². The van der Waals surface area contributed by atoms with E-state index in [0.29, 0.717) is 12.0 Å². The molecule has 0 aliphatic carbocycles. The van der Waals surface area contributed by atoms with Gasteiger partial charge in [-0.15, -0.1) is 0 Å². The number of carboxylic acid groups (broad SMARTS) is 1. The van der Waals surface area contributed by atoms with E-state index in [-0.39, 0.29) is 23.8 Å². The maximum Gasteiger partial charge on any atom is 0.325 e. The fourth-order valence-electron chi connectivity index (χ4n) is 1.36. The Morgan fingerprint density at radius 1 is 1.28 bits per heavy atom. The van der Waals surface area contributed by atoms with Crippen molar-refractivity contribution in [3.05, 3.63) is 23.8 Å². The second-order valence-electron chi connectivity index (χ2n) is 3.95. The first kappa shape index (κ1) is 13.8. The van der Waals surface area contributed by atoms with Crippen LogP contribution in [0.15, 0.2) is 18.2 Å². The fraction of sp³-hybridized carbons (Fsp3) is 0.333. The molecule has 1 rings (SSSR count). The summed E-state index contributed by atoms with van der Waals surface area (Å²) in [5.41, 5.74) is 0.684. The first-order valence-electron chi connectivity index (χ1n) is 5.43. The number of amides is 1. The zero-order valence-electron chi connectivity index (χ0n) is 9.88. The molecule has 0 spiro atoms. The van der Waals surface area contributed by atoms with Crippen LogP contribution in [0, 0.1) is 0 Å². The predicted molar refractivity (Wildman–Crippen MR) is 63.3 cm³/mol.